The number of nitrogens with zero attached hydrogens (tertiary/aromatic N) is 1. The monoisotopic (exact) mass is 417 g/mol. The molecule has 30 heavy (non-hydrogen) atoms. The van der Waals surface area contributed by atoms with Crippen molar-refractivity contribution in [2.75, 3.05) is 41.0 Å². The first-order valence-corrected chi connectivity index (χ1v) is 10.3. The zero-order valence-corrected chi connectivity index (χ0v) is 18.8. The van der Waals surface area contributed by atoms with E-state index in [0.717, 1.165) is 30.0 Å². The van der Waals surface area contributed by atoms with E-state index in [2.05, 4.69) is 18.7 Å². The molecule has 0 fully saturated rings. The molecular formula is C24H35NO5. The van der Waals surface area contributed by atoms with Gasteiger partial charge in [0.05, 0.1) is 21.3 Å². The Morgan fingerprint density at radius 2 is 1.60 bits per heavy atom. The fourth-order valence-electron chi connectivity index (χ4n) is 3.21. The summed E-state index contributed by atoms with van der Waals surface area (Å²) in [5.41, 5.74) is 1.03. The summed E-state index contributed by atoms with van der Waals surface area (Å²) in [5.74, 6) is 3.50. The fraction of sp³-hybridized carbons (Fsp3) is 0.500. The van der Waals surface area contributed by atoms with Crippen LogP contribution in [0.2, 0.25) is 0 Å². The average Bonchev–Trinajstić information content (AvgIpc) is 2.76. The van der Waals surface area contributed by atoms with Gasteiger partial charge in [0, 0.05) is 18.7 Å². The van der Waals surface area contributed by atoms with E-state index < -0.39 is 6.10 Å². The van der Waals surface area contributed by atoms with Crippen molar-refractivity contribution in [3.05, 3.63) is 48.0 Å². The molecule has 6 heteroatoms. The second-order valence-corrected chi connectivity index (χ2v) is 7.71. The third kappa shape index (κ3) is 7.43. The van der Waals surface area contributed by atoms with E-state index >= 15 is 0 Å². The zero-order valence-electron chi connectivity index (χ0n) is 18.8. The lowest BCUT2D eigenvalue weighted by Gasteiger charge is -2.27. The molecule has 2 aromatic carbocycles. The summed E-state index contributed by atoms with van der Waals surface area (Å²) < 4.78 is 21.9. The Morgan fingerprint density at radius 1 is 0.900 bits per heavy atom. The molecule has 0 aliphatic carbocycles. The number of methoxy groups -OCH3 is 3. The number of aliphatic hydroxyl groups excluding tert-OH is 1. The van der Waals surface area contributed by atoms with Crippen molar-refractivity contribution in [2.45, 2.75) is 32.9 Å². The number of hydrogen-bond acceptors (Lipinski definition) is 6. The smallest absolute Gasteiger partial charge is 0.165 e. The van der Waals surface area contributed by atoms with Gasteiger partial charge in [0.15, 0.2) is 11.5 Å². The maximum atomic E-state index is 10.6. The van der Waals surface area contributed by atoms with E-state index in [0.29, 0.717) is 30.5 Å². The highest BCUT2D eigenvalue weighted by molar-refractivity contribution is 5.46. The maximum absolute atomic E-state index is 10.6. The SMILES string of the molecule is COc1ccc(OC[C@H](O)CN(CCC(C)C)Cc2cccc(OC)c2OC)cc1. The molecule has 0 saturated heterocycles. The van der Waals surface area contributed by atoms with Crippen LogP contribution in [-0.4, -0.2) is 57.1 Å². The normalized spacial score (nSPS) is 12.1. The van der Waals surface area contributed by atoms with Crippen LogP contribution in [0.25, 0.3) is 0 Å². The standard InChI is InChI=1S/C24H35NO5/c1-18(2)13-14-25(15-19-7-6-8-23(28-4)24(19)29-5)16-20(26)17-30-22-11-9-21(27-3)10-12-22/h6-12,18,20,26H,13-17H2,1-5H3/t20-/m1/s1. The summed E-state index contributed by atoms with van der Waals surface area (Å²) in [6.45, 7) is 6.66. The van der Waals surface area contributed by atoms with E-state index in [1.807, 2.05) is 42.5 Å². The number of benzene rings is 2. The minimum absolute atomic E-state index is 0.222. The van der Waals surface area contributed by atoms with Crippen LogP contribution in [0.15, 0.2) is 42.5 Å². The first-order chi connectivity index (χ1) is 14.5. The average molecular weight is 418 g/mol. The first kappa shape index (κ1) is 23.8. The van der Waals surface area contributed by atoms with Crippen LogP contribution in [0.3, 0.4) is 0 Å². The number of rotatable bonds is 13. The molecule has 0 amide bonds. The van der Waals surface area contributed by atoms with Gasteiger partial charge in [-0.25, -0.2) is 0 Å². The Kier molecular flexibility index (Phi) is 9.77. The summed E-state index contributed by atoms with van der Waals surface area (Å²) in [7, 11) is 4.92. The van der Waals surface area contributed by atoms with Crippen molar-refractivity contribution in [3.63, 3.8) is 0 Å². The third-order valence-corrected chi connectivity index (χ3v) is 4.87. The molecule has 0 aliphatic rings. The summed E-state index contributed by atoms with van der Waals surface area (Å²) in [5, 5.41) is 10.6. The molecule has 1 N–H and O–H groups in total. The van der Waals surface area contributed by atoms with Crippen LogP contribution >= 0.6 is 0 Å². The second-order valence-electron chi connectivity index (χ2n) is 7.71. The van der Waals surface area contributed by atoms with Gasteiger partial charge >= 0.3 is 0 Å². The first-order valence-electron chi connectivity index (χ1n) is 10.3. The minimum Gasteiger partial charge on any atom is -0.497 e. The highest BCUT2D eigenvalue weighted by Gasteiger charge is 2.17. The Labute approximate surface area is 180 Å². The van der Waals surface area contributed by atoms with Gasteiger partial charge < -0.3 is 24.1 Å². The van der Waals surface area contributed by atoms with Gasteiger partial charge in [-0.1, -0.05) is 26.0 Å². The van der Waals surface area contributed by atoms with E-state index in [-0.39, 0.29) is 6.61 Å². The largest absolute Gasteiger partial charge is 0.497 e. The number of aliphatic hydroxyl groups is 1. The van der Waals surface area contributed by atoms with E-state index in [9.17, 15) is 5.11 Å². The van der Waals surface area contributed by atoms with Crippen molar-refractivity contribution < 1.29 is 24.1 Å². The van der Waals surface area contributed by atoms with Gasteiger partial charge in [-0.2, -0.15) is 0 Å². The van der Waals surface area contributed by atoms with Crippen molar-refractivity contribution >= 4 is 0 Å². The predicted molar refractivity (Wildman–Crippen MR) is 119 cm³/mol. The molecule has 0 radical (unpaired) electrons. The van der Waals surface area contributed by atoms with Crippen LogP contribution in [0.4, 0.5) is 0 Å². The molecule has 6 nitrogen and oxygen atoms in total. The molecule has 1 atom stereocenters. The van der Waals surface area contributed by atoms with Crippen molar-refractivity contribution in [2.24, 2.45) is 5.92 Å². The number of ether oxygens (including phenoxy) is 4. The van der Waals surface area contributed by atoms with E-state index in [1.54, 1.807) is 21.3 Å². The Hall–Kier alpha value is -2.44. The van der Waals surface area contributed by atoms with Gasteiger partial charge in [0.1, 0.15) is 24.2 Å². The molecule has 0 saturated carbocycles. The van der Waals surface area contributed by atoms with Crippen LogP contribution in [0.5, 0.6) is 23.0 Å². The Balaban J connectivity index is 2.01. The highest BCUT2D eigenvalue weighted by Crippen LogP contribution is 2.31. The van der Waals surface area contributed by atoms with Gasteiger partial charge in [-0.05, 0) is 49.2 Å². The topological polar surface area (TPSA) is 60.4 Å². The quantitative estimate of drug-likeness (QED) is 0.532. The lowest BCUT2D eigenvalue weighted by molar-refractivity contribution is 0.0636. The third-order valence-electron chi connectivity index (χ3n) is 4.87. The summed E-state index contributed by atoms with van der Waals surface area (Å²) in [4.78, 5) is 2.24. The van der Waals surface area contributed by atoms with Gasteiger partial charge in [-0.3, -0.25) is 4.90 Å². The lowest BCUT2D eigenvalue weighted by atomic mass is 10.1. The minimum atomic E-state index is -0.615. The van der Waals surface area contributed by atoms with Crippen LogP contribution in [0, 0.1) is 5.92 Å². The molecule has 0 bridgehead atoms. The Bertz CT molecular complexity index is 748. The lowest BCUT2D eigenvalue weighted by Crippen LogP contribution is -2.36. The Morgan fingerprint density at radius 3 is 2.20 bits per heavy atom. The molecular weight excluding hydrogens is 382 g/mol. The molecule has 0 spiro atoms. The van der Waals surface area contributed by atoms with Gasteiger partial charge in [-0.15, -0.1) is 0 Å². The van der Waals surface area contributed by atoms with Crippen LogP contribution in [0.1, 0.15) is 25.8 Å². The van der Waals surface area contributed by atoms with Gasteiger partial charge in [0.2, 0.25) is 0 Å². The number of para-hydroxylation sites is 1. The van der Waals surface area contributed by atoms with Crippen LogP contribution < -0.4 is 18.9 Å². The molecule has 0 aliphatic heterocycles. The maximum Gasteiger partial charge on any atom is 0.165 e. The van der Waals surface area contributed by atoms with E-state index in [4.69, 9.17) is 18.9 Å². The number of hydrogen-bond donors (Lipinski definition) is 1. The zero-order chi connectivity index (χ0) is 21.9. The van der Waals surface area contributed by atoms with Crippen molar-refractivity contribution in [1.82, 2.24) is 4.90 Å². The summed E-state index contributed by atoms with van der Waals surface area (Å²) >= 11 is 0. The molecule has 2 rings (SSSR count). The molecule has 0 unspecified atom stereocenters. The van der Waals surface area contributed by atoms with E-state index in [1.165, 1.54) is 0 Å². The predicted octanol–water partition coefficient (Wildman–Crippen LogP) is 4.00. The molecule has 0 aromatic heterocycles. The summed E-state index contributed by atoms with van der Waals surface area (Å²) in [6.07, 6.45) is 0.425. The summed E-state index contributed by atoms with van der Waals surface area (Å²) in [6, 6.07) is 13.2. The molecule has 0 heterocycles. The molecule has 2 aromatic rings. The second kappa shape index (κ2) is 12.3. The fourth-order valence-corrected chi connectivity index (χ4v) is 3.21. The highest BCUT2D eigenvalue weighted by atomic mass is 16.5. The van der Waals surface area contributed by atoms with Crippen molar-refractivity contribution in [1.29, 1.82) is 0 Å². The van der Waals surface area contributed by atoms with Gasteiger partial charge in [0.25, 0.3) is 0 Å². The van der Waals surface area contributed by atoms with Crippen LogP contribution in [-0.2, 0) is 6.54 Å². The van der Waals surface area contributed by atoms with Crippen molar-refractivity contribution in [3.8, 4) is 23.0 Å². The molecule has 166 valence electrons.